The fourth-order valence-corrected chi connectivity index (χ4v) is 1.87. The van der Waals surface area contributed by atoms with E-state index < -0.39 is 0 Å². The van der Waals surface area contributed by atoms with Crippen LogP contribution < -0.4 is 5.32 Å². The van der Waals surface area contributed by atoms with Gasteiger partial charge in [-0.2, -0.15) is 0 Å². The van der Waals surface area contributed by atoms with Crippen LogP contribution in [0.3, 0.4) is 0 Å². The molecule has 0 saturated heterocycles. The van der Waals surface area contributed by atoms with Crippen molar-refractivity contribution in [1.29, 1.82) is 0 Å². The van der Waals surface area contributed by atoms with E-state index in [1.165, 1.54) is 45.1 Å². The molecular formula is C10H19N. The Morgan fingerprint density at radius 1 is 1.36 bits per heavy atom. The fraction of sp³-hybridized carbons (Fsp3) is 1.00. The van der Waals surface area contributed by atoms with Crippen molar-refractivity contribution >= 4 is 0 Å². The van der Waals surface area contributed by atoms with Gasteiger partial charge in [0.1, 0.15) is 0 Å². The minimum Gasteiger partial charge on any atom is -0.313 e. The molecule has 0 bridgehead atoms. The van der Waals surface area contributed by atoms with Crippen molar-refractivity contribution in [3.63, 3.8) is 0 Å². The molecule has 0 aromatic heterocycles. The van der Waals surface area contributed by atoms with Gasteiger partial charge in [0.15, 0.2) is 0 Å². The first-order valence-electron chi connectivity index (χ1n) is 5.08. The van der Waals surface area contributed by atoms with E-state index in [4.69, 9.17) is 0 Å². The molecule has 0 atom stereocenters. The van der Waals surface area contributed by atoms with Crippen molar-refractivity contribution in [2.75, 3.05) is 6.54 Å². The lowest BCUT2D eigenvalue weighted by Gasteiger charge is -2.13. The maximum atomic E-state index is 3.64. The summed E-state index contributed by atoms with van der Waals surface area (Å²) in [5, 5.41) is 3.64. The molecule has 0 heterocycles. The third-order valence-corrected chi connectivity index (χ3v) is 3.08. The van der Waals surface area contributed by atoms with Crippen LogP contribution in [-0.2, 0) is 0 Å². The van der Waals surface area contributed by atoms with Gasteiger partial charge in [-0.05, 0) is 37.5 Å². The van der Waals surface area contributed by atoms with E-state index in [2.05, 4.69) is 12.2 Å². The quantitative estimate of drug-likeness (QED) is 0.639. The Hall–Kier alpha value is -0.0400. The van der Waals surface area contributed by atoms with Crippen LogP contribution in [0.4, 0.5) is 0 Å². The summed E-state index contributed by atoms with van der Waals surface area (Å²) >= 11 is 0. The number of hydrogen-bond donors (Lipinski definition) is 1. The summed E-state index contributed by atoms with van der Waals surface area (Å²) in [6, 6.07) is 0.907. The first-order chi connectivity index (χ1) is 5.35. The maximum absolute atomic E-state index is 3.64. The molecule has 1 N–H and O–H groups in total. The van der Waals surface area contributed by atoms with E-state index in [0.717, 1.165) is 11.5 Å². The summed E-state index contributed by atoms with van der Waals surface area (Å²) in [5.41, 5.74) is 0.761. The highest BCUT2D eigenvalue weighted by Crippen LogP contribution is 2.49. The van der Waals surface area contributed by atoms with Gasteiger partial charge in [0, 0.05) is 12.6 Å². The third-order valence-electron chi connectivity index (χ3n) is 3.08. The molecule has 2 aliphatic carbocycles. The van der Waals surface area contributed by atoms with Gasteiger partial charge in [0.05, 0.1) is 0 Å². The Kier molecular flexibility index (Phi) is 1.92. The zero-order valence-electron chi connectivity index (χ0n) is 7.53. The van der Waals surface area contributed by atoms with Gasteiger partial charge >= 0.3 is 0 Å². The Balaban J connectivity index is 1.66. The van der Waals surface area contributed by atoms with Gasteiger partial charge in [-0.1, -0.05) is 13.3 Å². The van der Waals surface area contributed by atoms with Crippen molar-refractivity contribution < 1.29 is 0 Å². The summed E-state index contributed by atoms with van der Waals surface area (Å²) < 4.78 is 0. The molecule has 0 radical (unpaired) electrons. The molecule has 1 nitrogen and oxygen atoms in total. The van der Waals surface area contributed by atoms with E-state index in [1.807, 2.05) is 0 Å². The van der Waals surface area contributed by atoms with Crippen LogP contribution in [0.2, 0.25) is 0 Å². The van der Waals surface area contributed by atoms with Gasteiger partial charge in [-0.15, -0.1) is 0 Å². The summed E-state index contributed by atoms with van der Waals surface area (Å²) in [5.74, 6) is 0. The average molecular weight is 153 g/mol. The predicted octanol–water partition coefficient (Wildman–Crippen LogP) is 2.32. The zero-order chi connectivity index (χ0) is 7.73. The molecule has 0 spiro atoms. The summed E-state index contributed by atoms with van der Waals surface area (Å²) in [4.78, 5) is 0. The minimum absolute atomic E-state index is 0.761. The van der Waals surface area contributed by atoms with Crippen molar-refractivity contribution in [3.05, 3.63) is 0 Å². The summed E-state index contributed by atoms with van der Waals surface area (Å²) in [7, 11) is 0. The highest BCUT2D eigenvalue weighted by Gasteiger charge is 2.41. The van der Waals surface area contributed by atoms with Crippen LogP contribution in [0.25, 0.3) is 0 Å². The normalized spacial score (nSPS) is 27.0. The Bertz CT molecular complexity index is 134. The van der Waals surface area contributed by atoms with Crippen LogP contribution >= 0.6 is 0 Å². The molecule has 2 saturated carbocycles. The summed E-state index contributed by atoms with van der Waals surface area (Å²) in [6.45, 7) is 3.61. The average Bonchev–Trinajstić information content (AvgIpc) is 2.81. The Morgan fingerprint density at radius 3 is 2.55 bits per heavy atom. The van der Waals surface area contributed by atoms with Gasteiger partial charge in [0.25, 0.3) is 0 Å². The lowest BCUT2D eigenvalue weighted by molar-refractivity contribution is 0.420. The second-order valence-electron chi connectivity index (χ2n) is 4.41. The molecule has 0 aromatic rings. The van der Waals surface area contributed by atoms with Crippen molar-refractivity contribution in [3.8, 4) is 0 Å². The van der Waals surface area contributed by atoms with Crippen LogP contribution in [0.15, 0.2) is 0 Å². The smallest absolute Gasteiger partial charge is 0.00684 e. The van der Waals surface area contributed by atoms with Crippen LogP contribution in [0.5, 0.6) is 0 Å². The molecule has 2 rings (SSSR count). The molecule has 2 aliphatic rings. The number of hydrogen-bond acceptors (Lipinski definition) is 1. The van der Waals surface area contributed by atoms with Gasteiger partial charge in [-0.3, -0.25) is 0 Å². The molecular weight excluding hydrogens is 134 g/mol. The molecule has 0 aromatic carbocycles. The Labute approximate surface area is 69.6 Å². The predicted molar refractivity (Wildman–Crippen MR) is 47.6 cm³/mol. The molecule has 0 aliphatic heterocycles. The lowest BCUT2D eigenvalue weighted by atomic mass is 10.0. The number of rotatable bonds is 5. The first kappa shape index (κ1) is 7.60. The monoisotopic (exact) mass is 153 g/mol. The maximum Gasteiger partial charge on any atom is 0.00684 e. The minimum atomic E-state index is 0.761. The van der Waals surface area contributed by atoms with Crippen LogP contribution in [0.1, 0.15) is 45.4 Å². The number of nitrogens with one attached hydrogen (secondary N) is 1. The SMILES string of the molecule is CCCC1(CNC2CC2)CC1. The molecule has 11 heavy (non-hydrogen) atoms. The highest BCUT2D eigenvalue weighted by atomic mass is 15.0. The van der Waals surface area contributed by atoms with Crippen molar-refractivity contribution in [2.45, 2.75) is 51.5 Å². The lowest BCUT2D eigenvalue weighted by Crippen LogP contribution is -2.25. The van der Waals surface area contributed by atoms with E-state index in [1.54, 1.807) is 0 Å². The van der Waals surface area contributed by atoms with Gasteiger partial charge < -0.3 is 5.32 Å². The van der Waals surface area contributed by atoms with E-state index in [0.29, 0.717) is 0 Å². The van der Waals surface area contributed by atoms with Gasteiger partial charge in [-0.25, -0.2) is 0 Å². The molecule has 1 heteroatoms. The van der Waals surface area contributed by atoms with E-state index in [-0.39, 0.29) is 0 Å². The second kappa shape index (κ2) is 2.78. The van der Waals surface area contributed by atoms with Crippen molar-refractivity contribution in [1.82, 2.24) is 5.32 Å². The van der Waals surface area contributed by atoms with Crippen LogP contribution in [0, 0.1) is 5.41 Å². The standard InChI is InChI=1S/C10H19N/c1-2-5-10(6-7-10)8-11-9-3-4-9/h9,11H,2-8H2,1H3. The van der Waals surface area contributed by atoms with E-state index >= 15 is 0 Å². The van der Waals surface area contributed by atoms with Crippen LogP contribution in [-0.4, -0.2) is 12.6 Å². The summed E-state index contributed by atoms with van der Waals surface area (Å²) in [6.07, 6.45) is 8.66. The van der Waals surface area contributed by atoms with E-state index in [9.17, 15) is 0 Å². The topological polar surface area (TPSA) is 12.0 Å². The fourth-order valence-electron chi connectivity index (χ4n) is 1.87. The van der Waals surface area contributed by atoms with Gasteiger partial charge in [0.2, 0.25) is 0 Å². The second-order valence-corrected chi connectivity index (χ2v) is 4.41. The highest BCUT2D eigenvalue weighted by molar-refractivity contribution is 4.96. The molecule has 64 valence electrons. The molecule has 2 fully saturated rings. The third kappa shape index (κ3) is 1.96. The Morgan fingerprint density at radius 2 is 2.09 bits per heavy atom. The molecule has 0 amide bonds. The zero-order valence-corrected chi connectivity index (χ0v) is 7.53. The molecule has 0 unspecified atom stereocenters. The first-order valence-corrected chi connectivity index (χ1v) is 5.08. The van der Waals surface area contributed by atoms with Crippen molar-refractivity contribution in [2.24, 2.45) is 5.41 Å². The largest absolute Gasteiger partial charge is 0.313 e.